The van der Waals surface area contributed by atoms with Gasteiger partial charge in [0.25, 0.3) is 11.4 Å². The van der Waals surface area contributed by atoms with Crippen LogP contribution in [0.1, 0.15) is 5.56 Å². The highest BCUT2D eigenvalue weighted by atomic mass is 32.2. The molecule has 1 aromatic carbocycles. The summed E-state index contributed by atoms with van der Waals surface area (Å²) < 4.78 is 0.237. The van der Waals surface area contributed by atoms with Crippen molar-refractivity contribution in [3.8, 4) is 6.07 Å². The fraction of sp³-hybridized carbons (Fsp3) is 0.200. The van der Waals surface area contributed by atoms with Gasteiger partial charge in [-0.3, -0.25) is 20.2 Å². The van der Waals surface area contributed by atoms with E-state index in [2.05, 4.69) is 0 Å². The molecule has 0 bridgehead atoms. The lowest BCUT2D eigenvalue weighted by Crippen LogP contribution is -2.16. The van der Waals surface area contributed by atoms with Crippen LogP contribution in [-0.4, -0.2) is 33.2 Å². The number of thiocarbonyl (C=S) groups is 1. The molecule has 0 unspecified atom stereocenters. The predicted octanol–water partition coefficient (Wildman–Crippen LogP) is 2.31. The van der Waals surface area contributed by atoms with Crippen LogP contribution in [0, 0.1) is 31.6 Å². The van der Waals surface area contributed by atoms with Crippen molar-refractivity contribution in [2.24, 2.45) is 0 Å². The van der Waals surface area contributed by atoms with Crippen LogP contribution in [0.3, 0.4) is 0 Å². The lowest BCUT2D eigenvalue weighted by molar-refractivity contribution is -0.399. The number of thioether (sulfide) groups is 1. The molecule has 20 heavy (non-hydrogen) atoms. The summed E-state index contributed by atoms with van der Waals surface area (Å²) in [4.78, 5) is 21.8. The first kappa shape index (κ1) is 15.8. The first-order chi connectivity index (χ1) is 9.27. The molecule has 1 aromatic rings. The Labute approximate surface area is 123 Å². The molecule has 0 saturated carbocycles. The Bertz CT molecular complexity index is 604. The van der Waals surface area contributed by atoms with Gasteiger partial charge >= 0.3 is 0 Å². The Balaban J connectivity index is 3.52. The van der Waals surface area contributed by atoms with E-state index in [9.17, 15) is 20.2 Å². The molecule has 0 saturated heterocycles. The van der Waals surface area contributed by atoms with E-state index in [0.29, 0.717) is 0 Å². The second-order valence-corrected chi connectivity index (χ2v) is 5.38. The highest BCUT2D eigenvalue weighted by Gasteiger charge is 2.28. The van der Waals surface area contributed by atoms with Crippen molar-refractivity contribution >= 4 is 39.7 Å². The molecule has 0 radical (unpaired) electrons. The zero-order valence-corrected chi connectivity index (χ0v) is 12.0. The van der Waals surface area contributed by atoms with Crippen molar-refractivity contribution in [2.45, 2.75) is 4.90 Å². The van der Waals surface area contributed by atoms with E-state index in [1.54, 1.807) is 20.2 Å². The molecule has 0 amide bonds. The normalized spacial score (nSPS) is 9.65. The molecule has 0 spiro atoms. The van der Waals surface area contributed by atoms with Gasteiger partial charge in [-0.2, -0.15) is 5.26 Å². The second kappa shape index (κ2) is 6.27. The fourth-order valence-corrected chi connectivity index (χ4v) is 2.30. The second-order valence-electron chi connectivity index (χ2n) is 3.73. The van der Waals surface area contributed by atoms with Crippen LogP contribution in [0.5, 0.6) is 0 Å². The Morgan fingerprint density at radius 3 is 2.05 bits per heavy atom. The van der Waals surface area contributed by atoms with Crippen molar-refractivity contribution < 1.29 is 9.85 Å². The maximum Gasteiger partial charge on any atom is 0.291 e. The fourth-order valence-electron chi connectivity index (χ4n) is 1.22. The first-order valence-electron chi connectivity index (χ1n) is 5.04. The molecule has 0 aliphatic carbocycles. The topological polar surface area (TPSA) is 113 Å². The van der Waals surface area contributed by atoms with Gasteiger partial charge < -0.3 is 4.90 Å². The maximum atomic E-state index is 11.0. The molecule has 0 aliphatic heterocycles. The van der Waals surface area contributed by atoms with E-state index < -0.39 is 21.2 Å². The minimum absolute atomic E-state index is 0.150. The zero-order chi connectivity index (χ0) is 15.4. The average molecular weight is 312 g/mol. The van der Waals surface area contributed by atoms with Crippen molar-refractivity contribution in [3.63, 3.8) is 0 Å². The molecule has 0 atom stereocenters. The maximum absolute atomic E-state index is 11.0. The van der Waals surface area contributed by atoms with Crippen LogP contribution in [-0.2, 0) is 0 Å². The van der Waals surface area contributed by atoms with Gasteiger partial charge in [0.05, 0.1) is 21.5 Å². The molecule has 0 N–H and O–H groups in total. The number of nitrogens with zero attached hydrogens (tertiary/aromatic N) is 4. The summed E-state index contributed by atoms with van der Waals surface area (Å²) in [5.41, 5.74) is -1.17. The first-order valence-corrected chi connectivity index (χ1v) is 6.26. The molecule has 10 heteroatoms. The number of nitro groups is 2. The minimum atomic E-state index is -0.769. The zero-order valence-electron chi connectivity index (χ0n) is 10.4. The molecule has 0 aromatic heterocycles. The van der Waals surface area contributed by atoms with Crippen molar-refractivity contribution in [2.75, 3.05) is 14.1 Å². The smallest absolute Gasteiger partial charge is 0.291 e. The third-order valence-electron chi connectivity index (χ3n) is 2.13. The van der Waals surface area contributed by atoms with E-state index >= 15 is 0 Å². The Kier molecular flexibility index (Phi) is 4.95. The van der Waals surface area contributed by atoms with Crippen molar-refractivity contribution in [1.29, 1.82) is 5.26 Å². The predicted molar refractivity (Wildman–Crippen MR) is 76.6 cm³/mol. The standard InChI is InChI=1S/C10H8N4O4S2/c1-12(2)10(19)20-9-7(13(15)16)3-6(5-11)4-8(9)14(17)18/h3-4H,1-2H3. The van der Waals surface area contributed by atoms with Crippen LogP contribution in [0.4, 0.5) is 11.4 Å². The number of benzene rings is 1. The summed E-state index contributed by atoms with van der Waals surface area (Å²) in [5.74, 6) is 0. The van der Waals surface area contributed by atoms with Crippen molar-refractivity contribution in [1.82, 2.24) is 4.90 Å². The summed E-state index contributed by atoms with van der Waals surface area (Å²) >= 11 is 5.74. The van der Waals surface area contributed by atoms with Gasteiger partial charge in [-0.15, -0.1) is 0 Å². The third kappa shape index (κ3) is 3.40. The number of nitriles is 1. The summed E-state index contributed by atoms with van der Waals surface area (Å²) in [6.07, 6.45) is 0. The van der Waals surface area contributed by atoms with Gasteiger partial charge in [0.15, 0.2) is 4.90 Å². The molecule has 8 nitrogen and oxygen atoms in total. The number of nitro benzene ring substituents is 2. The van der Waals surface area contributed by atoms with Crippen LogP contribution in [0.25, 0.3) is 0 Å². The van der Waals surface area contributed by atoms with Gasteiger partial charge in [0.1, 0.15) is 4.32 Å². The van der Waals surface area contributed by atoms with E-state index in [1.807, 2.05) is 0 Å². The Hall–Kier alpha value is -2.25. The monoisotopic (exact) mass is 312 g/mol. The van der Waals surface area contributed by atoms with Gasteiger partial charge in [0.2, 0.25) is 0 Å². The molecule has 0 aliphatic rings. The minimum Gasteiger partial charge on any atom is -0.363 e. The van der Waals surface area contributed by atoms with Crippen molar-refractivity contribution in [3.05, 3.63) is 37.9 Å². The molecular weight excluding hydrogens is 304 g/mol. The van der Waals surface area contributed by atoms with Crippen LogP contribution in [0.2, 0.25) is 0 Å². The van der Waals surface area contributed by atoms with E-state index in [-0.39, 0.29) is 14.8 Å². The van der Waals surface area contributed by atoms with Gasteiger partial charge in [-0.1, -0.05) is 12.2 Å². The van der Waals surface area contributed by atoms with Crippen LogP contribution < -0.4 is 0 Å². The highest BCUT2D eigenvalue weighted by molar-refractivity contribution is 8.23. The largest absolute Gasteiger partial charge is 0.363 e. The lowest BCUT2D eigenvalue weighted by Gasteiger charge is -2.12. The SMILES string of the molecule is CN(C)C(=S)Sc1c([N+](=O)[O-])cc(C#N)cc1[N+](=O)[O-]. The lowest BCUT2D eigenvalue weighted by atomic mass is 10.2. The van der Waals surface area contributed by atoms with Gasteiger partial charge in [0, 0.05) is 26.2 Å². The van der Waals surface area contributed by atoms with E-state index in [4.69, 9.17) is 17.5 Å². The van der Waals surface area contributed by atoms with Gasteiger partial charge in [-0.25, -0.2) is 0 Å². The molecule has 1 rings (SSSR count). The number of hydrogen-bond donors (Lipinski definition) is 0. The number of rotatable bonds is 3. The summed E-state index contributed by atoms with van der Waals surface area (Å²) in [6, 6.07) is 3.65. The molecule has 0 heterocycles. The van der Waals surface area contributed by atoms with E-state index in [0.717, 1.165) is 23.9 Å². The molecular formula is C10H8N4O4S2. The van der Waals surface area contributed by atoms with E-state index in [1.165, 1.54) is 4.90 Å². The summed E-state index contributed by atoms with van der Waals surface area (Å²) in [7, 11) is 3.24. The van der Waals surface area contributed by atoms with Crippen LogP contribution in [0.15, 0.2) is 17.0 Å². The van der Waals surface area contributed by atoms with Crippen LogP contribution >= 0.6 is 24.0 Å². The molecule has 0 fully saturated rings. The van der Waals surface area contributed by atoms with Gasteiger partial charge in [-0.05, 0) is 11.8 Å². The third-order valence-corrected chi connectivity index (χ3v) is 3.90. The Morgan fingerprint density at radius 2 is 1.75 bits per heavy atom. The number of hydrogen-bond acceptors (Lipinski definition) is 7. The highest BCUT2D eigenvalue weighted by Crippen LogP contribution is 2.39. The summed E-state index contributed by atoms with van der Waals surface area (Å²) in [5, 5.41) is 30.8. The molecule has 104 valence electrons. The average Bonchev–Trinajstić information content (AvgIpc) is 2.37. The summed E-state index contributed by atoms with van der Waals surface area (Å²) in [6.45, 7) is 0. The quantitative estimate of drug-likeness (QED) is 0.361. The Morgan fingerprint density at radius 1 is 1.30 bits per heavy atom.